The van der Waals surface area contributed by atoms with Crippen molar-refractivity contribution in [2.45, 2.75) is 6.92 Å². The monoisotopic (exact) mass is 328 g/mol. The highest BCUT2D eigenvalue weighted by atomic mass is 127. The third-order valence-corrected chi connectivity index (χ3v) is 4.18. The third-order valence-electron chi connectivity index (χ3n) is 2.39. The topological polar surface area (TPSA) is 0 Å². The lowest BCUT2D eigenvalue weighted by Gasteiger charge is -2.08. The minimum Gasteiger partial charge on any atom is -0.0832 e. The summed E-state index contributed by atoms with van der Waals surface area (Å²) in [7, 11) is 0. The van der Waals surface area contributed by atoms with Crippen LogP contribution in [0.15, 0.2) is 42.5 Å². The Labute approximate surface area is 108 Å². The van der Waals surface area contributed by atoms with Gasteiger partial charge in [-0.15, -0.1) is 0 Å². The summed E-state index contributed by atoms with van der Waals surface area (Å²) < 4.78 is 1.12. The van der Waals surface area contributed by atoms with E-state index in [4.69, 9.17) is 11.6 Å². The van der Waals surface area contributed by atoms with Crippen LogP contribution in [0, 0.1) is 10.5 Å². The molecule has 0 aliphatic carbocycles. The molecule has 0 radical (unpaired) electrons. The molecule has 0 fully saturated rings. The Morgan fingerprint density at radius 1 is 0.933 bits per heavy atom. The molecule has 15 heavy (non-hydrogen) atoms. The van der Waals surface area contributed by atoms with Crippen molar-refractivity contribution >= 4 is 34.2 Å². The summed E-state index contributed by atoms with van der Waals surface area (Å²) in [4.78, 5) is 0. The van der Waals surface area contributed by atoms with Gasteiger partial charge in [-0.2, -0.15) is 0 Å². The molecule has 0 atom stereocenters. The lowest BCUT2D eigenvalue weighted by Crippen LogP contribution is -1.86. The Kier molecular flexibility index (Phi) is 3.32. The first-order valence-electron chi connectivity index (χ1n) is 4.70. The molecular formula is C13H10ClI. The van der Waals surface area contributed by atoms with E-state index in [0.717, 1.165) is 8.59 Å². The Morgan fingerprint density at radius 2 is 1.60 bits per heavy atom. The van der Waals surface area contributed by atoms with E-state index in [2.05, 4.69) is 59.8 Å². The average Bonchev–Trinajstić information content (AvgIpc) is 2.23. The van der Waals surface area contributed by atoms with Gasteiger partial charge < -0.3 is 0 Å². The molecule has 0 saturated heterocycles. The van der Waals surface area contributed by atoms with Crippen molar-refractivity contribution < 1.29 is 0 Å². The van der Waals surface area contributed by atoms with Crippen LogP contribution < -0.4 is 0 Å². The molecule has 0 aliphatic heterocycles. The quantitative estimate of drug-likeness (QED) is 0.652. The van der Waals surface area contributed by atoms with Gasteiger partial charge in [0.15, 0.2) is 0 Å². The Bertz CT molecular complexity index is 492. The van der Waals surface area contributed by atoms with Gasteiger partial charge in [0.25, 0.3) is 0 Å². The van der Waals surface area contributed by atoms with Crippen LogP contribution in [0.25, 0.3) is 11.1 Å². The number of hydrogen-bond donors (Lipinski definition) is 0. The number of rotatable bonds is 1. The lowest BCUT2D eigenvalue weighted by molar-refractivity contribution is 1.45. The van der Waals surface area contributed by atoms with Crippen LogP contribution in [-0.2, 0) is 0 Å². The van der Waals surface area contributed by atoms with Gasteiger partial charge in [-0.25, -0.2) is 0 Å². The number of benzene rings is 2. The van der Waals surface area contributed by atoms with Crippen molar-refractivity contribution in [2.24, 2.45) is 0 Å². The molecule has 2 heteroatoms. The summed E-state index contributed by atoms with van der Waals surface area (Å²) in [6.07, 6.45) is 0. The number of halogens is 2. The minimum atomic E-state index is 0.816. The Balaban J connectivity index is 2.65. The molecule has 0 aromatic heterocycles. The summed E-state index contributed by atoms with van der Waals surface area (Å²) in [6, 6.07) is 14.4. The normalized spacial score (nSPS) is 10.3. The second kappa shape index (κ2) is 4.54. The summed E-state index contributed by atoms with van der Waals surface area (Å²) >= 11 is 8.40. The first-order valence-corrected chi connectivity index (χ1v) is 6.16. The SMILES string of the molecule is Cc1ccccc1-c1cccc(Cl)c1I. The van der Waals surface area contributed by atoms with Crippen molar-refractivity contribution in [2.75, 3.05) is 0 Å². The standard InChI is InChI=1S/C13H10ClI/c1-9-5-2-3-6-10(9)11-7-4-8-12(14)13(11)15/h2-8H,1H3. The molecule has 0 amide bonds. The van der Waals surface area contributed by atoms with Crippen LogP contribution in [0.4, 0.5) is 0 Å². The fourth-order valence-corrected chi connectivity index (χ4v) is 2.41. The van der Waals surface area contributed by atoms with Gasteiger partial charge in [0.1, 0.15) is 0 Å². The van der Waals surface area contributed by atoms with Crippen molar-refractivity contribution in [1.82, 2.24) is 0 Å². The molecule has 2 aromatic rings. The molecule has 2 aromatic carbocycles. The predicted molar refractivity (Wildman–Crippen MR) is 74.3 cm³/mol. The first kappa shape index (κ1) is 11.0. The lowest BCUT2D eigenvalue weighted by atomic mass is 10.0. The largest absolute Gasteiger partial charge is 0.0832 e. The molecule has 0 aliphatic rings. The Hall–Kier alpha value is -0.540. The maximum Gasteiger partial charge on any atom is 0.0545 e. The Morgan fingerprint density at radius 3 is 2.33 bits per heavy atom. The maximum atomic E-state index is 6.11. The van der Waals surface area contributed by atoms with E-state index in [1.165, 1.54) is 16.7 Å². The first-order chi connectivity index (χ1) is 7.20. The molecule has 0 heterocycles. The molecule has 0 N–H and O–H groups in total. The van der Waals surface area contributed by atoms with Gasteiger partial charge in [0, 0.05) is 3.57 Å². The van der Waals surface area contributed by atoms with Gasteiger partial charge in [-0.1, -0.05) is 48.0 Å². The highest BCUT2D eigenvalue weighted by molar-refractivity contribution is 14.1. The van der Waals surface area contributed by atoms with E-state index in [-0.39, 0.29) is 0 Å². The molecule has 0 bridgehead atoms. The van der Waals surface area contributed by atoms with Crippen LogP contribution in [0.5, 0.6) is 0 Å². The van der Waals surface area contributed by atoms with Gasteiger partial charge in [0.05, 0.1) is 5.02 Å². The molecule has 0 nitrogen and oxygen atoms in total. The van der Waals surface area contributed by atoms with E-state index in [9.17, 15) is 0 Å². The smallest absolute Gasteiger partial charge is 0.0545 e. The zero-order valence-electron chi connectivity index (χ0n) is 8.30. The van der Waals surface area contributed by atoms with E-state index < -0.39 is 0 Å². The minimum absolute atomic E-state index is 0.816. The molecule has 0 unspecified atom stereocenters. The van der Waals surface area contributed by atoms with Crippen molar-refractivity contribution in [1.29, 1.82) is 0 Å². The zero-order valence-corrected chi connectivity index (χ0v) is 11.2. The second-order valence-electron chi connectivity index (χ2n) is 3.42. The van der Waals surface area contributed by atoms with Crippen LogP contribution >= 0.6 is 34.2 Å². The fourth-order valence-electron chi connectivity index (χ4n) is 1.59. The van der Waals surface area contributed by atoms with Crippen LogP contribution in [-0.4, -0.2) is 0 Å². The summed E-state index contributed by atoms with van der Waals surface area (Å²) in [5.74, 6) is 0. The molecule has 0 spiro atoms. The van der Waals surface area contributed by atoms with Crippen LogP contribution in [0.3, 0.4) is 0 Å². The van der Waals surface area contributed by atoms with E-state index in [1.807, 2.05) is 12.1 Å². The number of hydrogen-bond acceptors (Lipinski definition) is 0. The van der Waals surface area contributed by atoms with Gasteiger partial charge in [-0.05, 0) is 52.3 Å². The predicted octanol–water partition coefficient (Wildman–Crippen LogP) is 4.92. The van der Waals surface area contributed by atoms with Crippen LogP contribution in [0.2, 0.25) is 5.02 Å². The highest BCUT2D eigenvalue weighted by Crippen LogP contribution is 2.31. The third kappa shape index (κ3) is 2.18. The van der Waals surface area contributed by atoms with Crippen LogP contribution in [0.1, 0.15) is 5.56 Å². The molecular weight excluding hydrogens is 318 g/mol. The molecule has 2 rings (SSSR count). The van der Waals surface area contributed by atoms with E-state index in [1.54, 1.807) is 0 Å². The molecule has 76 valence electrons. The van der Waals surface area contributed by atoms with Crippen molar-refractivity contribution in [3.05, 3.63) is 56.6 Å². The van der Waals surface area contributed by atoms with E-state index >= 15 is 0 Å². The maximum absolute atomic E-state index is 6.11. The fraction of sp³-hybridized carbons (Fsp3) is 0.0769. The van der Waals surface area contributed by atoms with Gasteiger partial charge >= 0.3 is 0 Å². The zero-order chi connectivity index (χ0) is 10.8. The summed E-state index contributed by atoms with van der Waals surface area (Å²) in [6.45, 7) is 2.12. The number of aryl methyl sites for hydroxylation is 1. The summed E-state index contributed by atoms with van der Waals surface area (Å²) in [5.41, 5.74) is 3.74. The van der Waals surface area contributed by atoms with Crippen molar-refractivity contribution in [3.63, 3.8) is 0 Å². The van der Waals surface area contributed by atoms with Crippen molar-refractivity contribution in [3.8, 4) is 11.1 Å². The summed E-state index contributed by atoms with van der Waals surface area (Å²) in [5, 5.41) is 0.816. The van der Waals surface area contributed by atoms with E-state index in [0.29, 0.717) is 0 Å². The molecule has 0 saturated carbocycles. The average molecular weight is 329 g/mol. The highest BCUT2D eigenvalue weighted by Gasteiger charge is 2.07. The van der Waals surface area contributed by atoms with Gasteiger partial charge in [0.2, 0.25) is 0 Å². The van der Waals surface area contributed by atoms with Gasteiger partial charge in [-0.3, -0.25) is 0 Å². The second-order valence-corrected chi connectivity index (χ2v) is 4.90.